The number of amides is 2. The Labute approximate surface area is 174 Å². The third-order valence-corrected chi connectivity index (χ3v) is 4.64. The molecule has 0 aliphatic carbocycles. The summed E-state index contributed by atoms with van der Waals surface area (Å²) in [4.78, 5) is 27.2. The minimum Gasteiger partial charge on any atom is -0.491 e. The number of imide groups is 1. The van der Waals surface area contributed by atoms with Crippen molar-refractivity contribution in [2.24, 2.45) is 0 Å². The van der Waals surface area contributed by atoms with Gasteiger partial charge in [0.25, 0.3) is 11.8 Å². The largest absolute Gasteiger partial charge is 0.491 e. The fraction of sp³-hybridized carbons (Fsp3) is 0.217. The van der Waals surface area contributed by atoms with Crippen LogP contribution in [0.5, 0.6) is 17.2 Å². The maximum Gasteiger partial charge on any atom is 0.278 e. The van der Waals surface area contributed by atoms with Crippen LogP contribution >= 0.6 is 0 Å². The summed E-state index contributed by atoms with van der Waals surface area (Å²) in [5, 5.41) is 3.10. The average molecular weight is 406 g/mol. The van der Waals surface area contributed by atoms with Gasteiger partial charge >= 0.3 is 0 Å². The van der Waals surface area contributed by atoms with Crippen LogP contribution in [0.25, 0.3) is 5.57 Å². The van der Waals surface area contributed by atoms with Gasteiger partial charge in [0.15, 0.2) is 11.5 Å². The number of carbonyl (C=O) groups excluding carboxylic acids is 2. The van der Waals surface area contributed by atoms with Crippen LogP contribution in [0.4, 0.5) is 5.69 Å². The van der Waals surface area contributed by atoms with Gasteiger partial charge in [-0.3, -0.25) is 14.5 Å². The summed E-state index contributed by atoms with van der Waals surface area (Å²) in [6, 6.07) is 12.4. The van der Waals surface area contributed by atoms with Gasteiger partial charge in [0.2, 0.25) is 6.79 Å². The number of nitrogens with zero attached hydrogens (tertiary/aromatic N) is 1. The molecule has 2 amide bonds. The topological polar surface area (TPSA) is 77.1 Å². The molecule has 154 valence electrons. The van der Waals surface area contributed by atoms with E-state index in [0.29, 0.717) is 34.1 Å². The Morgan fingerprint density at radius 3 is 2.53 bits per heavy atom. The molecule has 2 aliphatic rings. The molecule has 0 bridgehead atoms. The zero-order valence-corrected chi connectivity index (χ0v) is 16.8. The summed E-state index contributed by atoms with van der Waals surface area (Å²) < 4.78 is 16.4. The van der Waals surface area contributed by atoms with Crippen LogP contribution in [-0.2, 0) is 9.59 Å². The maximum absolute atomic E-state index is 13.0. The fourth-order valence-electron chi connectivity index (χ4n) is 3.35. The van der Waals surface area contributed by atoms with Crippen molar-refractivity contribution in [3.8, 4) is 17.2 Å². The first-order valence-electron chi connectivity index (χ1n) is 9.63. The molecule has 30 heavy (non-hydrogen) atoms. The van der Waals surface area contributed by atoms with Gasteiger partial charge in [0.05, 0.1) is 11.7 Å². The Morgan fingerprint density at radius 1 is 1.10 bits per heavy atom. The summed E-state index contributed by atoms with van der Waals surface area (Å²) in [6.45, 7) is 7.81. The second-order valence-corrected chi connectivity index (χ2v) is 7.14. The van der Waals surface area contributed by atoms with Crippen LogP contribution in [0.3, 0.4) is 0 Å². The SMILES string of the molecule is C=CCN1C(=O)C(Nc2ccc3c(c2)OCO3)=C(c2ccc(OC(C)C)cc2)C1=O. The van der Waals surface area contributed by atoms with Crippen molar-refractivity contribution in [1.82, 2.24) is 4.90 Å². The van der Waals surface area contributed by atoms with Crippen molar-refractivity contribution in [3.63, 3.8) is 0 Å². The molecule has 2 aromatic rings. The van der Waals surface area contributed by atoms with Crippen LogP contribution in [-0.4, -0.2) is 36.2 Å². The van der Waals surface area contributed by atoms with Crippen LogP contribution in [0.15, 0.2) is 60.8 Å². The third-order valence-electron chi connectivity index (χ3n) is 4.64. The molecule has 2 aliphatic heterocycles. The highest BCUT2D eigenvalue weighted by atomic mass is 16.7. The smallest absolute Gasteiger partial charge is 0.278 e. The molecule has 0 spiro atoms. The van der Waals surface area contributed by atoms with E-state index in [9.17, 15) is 9.59 Å². The Kier molecular flexibility index (Phi) is 5.18. The van der Waals surface area contributed by atoms with Crippen molar-refractivity contribution in [2.75, 3.05) is 18.7 Å². The number of carbonyl (C=O) groups is 2. The number of ether oxygens (including phenoxy) is 3. The minimum absolute atomic E-state index is 0.0380. The Bertz CT molecular complexity index is 1040. The van der Waals surface area contributed by atoms with Gasteiger partial charge < -0.3 is 19.5 Å². The Hall–Kier alpha value is -3.74. The van der Waals surface area contributed by atoms with Crippen LogP contribution in [0.2, 0.25) is 0 Å². The normalized spacial score (nSPS) is 15.2. The van der Waals surface area contributed by atoms with Gasteiger partial charge in [-0.25, -0.2) is 0 Å². The zero-order chi connectivity index (χ0) is 21.3. The van der Waals surface area contributed by atoms with Gasteiger partial charge in [-0.2, -0.15) is 0 Å². The van der Waals surface area contributed by atoms with Crippen LogP contribution in [0.1, 0.15) is 19.4 Å². The lowest BCUT2D eigenvalue weighted by Crippen LogP contribution is -2.32. The lowest BCUT2D eigenvalue weighted by molar-refractivity contribution is -0.136. The second-order valence-electron chi connectivity index (χ2n) is 7.14. The molecule has 2 aromatic carbocycles. The number of nitrogens with one attached hydrogen (secondary N) is 1. The molecule has 4 rings (SSSR count). The van der Waals surface area contributed by atoms with E-state index in [2.05, 4.69) is 11.9 Å². The van der Waals surface area contributed by atoms with E-state index in [4.69, 9.17) is 14.2 Å². The zero-order valence-electron chi connectivity index (χ0n) is 16.8. The summed E-state index contributed by atoms with van der Waals surface area (Å²) in [5.41, 5.74) is 1.75. The molecule has 7 nitrogen and oxygen atoms in total. The number of anilines is 1. The maximum atomic E-state index is 13.0. The molecule has 7 heteroatoms. The van der Waals surface area contributed by atoms with Crippen molar-refractivity contribution < 1.29 is 23.8 Å². The van der Waals surface area contributed by atoms with E-state index in [0.717, 1.165) is 4.90 Å². The molecule has 0 saturated carbocycles. The van der Waals surface area contributed by atoms with Gasteiger partial charge in [-0.15, -0.1) is 6.58 Å². The molecule has 0 fully saturated rings. The summed E-state index contributed by atoms with van der Waals surface area (Å²) >= 11 is 0. The van der Waals surface area contributed by atoms with Gasteiger partial charge in [-0.05, 0) is 43.7 Å². The monoisotopic (exact) mass is 406 g/mol. The van der Waals surface area contributed by atoms with Crippen molar-refractivity contribution in [2.45, 2.75) is 20.0 Å². The highest BCUT2D eigenvalue weighted by Gasteiger charge is 2.38. The molecule has 0 atom stereocenters. The minimum atomic E-state index is -0.407. The summed E-state index contributed by atoms with van der Waals surface area (Å²) in [5.74, 6) is 1.13. The van der Waals surface area contributed by atoms with Gasteiger partial charge in [0.1, 0.15) is 11.4 Å². The van der Waals surface area contributed by atoms with Gasteiger partial charge in [-0.1, -0.05) is 18.2 Å². The third kappa shape index (κ3) is 3.61. The fourth-order valence-corrected chi connectivity index (χ4v) is 3.35. The van der Waals surface area contributed by atoms with Crippen molar-refractivity contribution >= 4 is 23.1 Å². The predicted molar refractivity (Wildman–Crippen MR) is 112 cm³/mol. The summed E-state index contributed by atoms with van der Waals surface area (Å²) in [6.07, 6.45) is 1.56. The number of rotatable bonds is 7. The summed E-state index contributed by atoms with van der Waals surface area (Å²) in [7, 11) is 0. The van der Waals surface area contributed by atoms with Crippen LogP contribution in [0, 0.1) is 0 Å². The first kappa shape index (κ1) is 19.6. The molecule has 0 aromatic heterocycles. The number of fused-ring (bicyclic) bond motifs is 1. The van der Waals surface area contributed by atoms with E-state index in [-0.39, 0.29) is 31.0 Å². The quantitative estimate of drug-likeness (QED) is 0.560. The number of hydrogen-bond acceptors (Lipinski definition) is 6. The van der Waals surface area contributed by atoms with E-state index < -0.39 is 5.91 Å². The Balaban J connectivity index is 1.71. The number of benzene rings is 2. The van der Waals surface area contributed by atoms with Crippen molar-refractivity contribution in [1.29, 1.82) is 0 Å². The van der Waals surface area contributed by atoms with Crippen LogP contribution < -0.4 is 19.5 Å². The van der Waals surface area contributed by atoms with Crippen molar-refractivity contribution in [3.05, 3.63) is 66.4 Å². The standard InChI is InChI=1S/C23H22N2O5/c1-4-11-25-22(26)20(15-5-8-17(9-6-15)30-14(2)3)21(23(25)27)24-16-7-10-18-19(12-16)29-13-28-18/h4-10,12,14,24H,1,11,13H2,2-3H3. The van der Waals surface area contributed by atoms with Gasteiger partial charge in [0, 0.05) is 18.3 Å². The molecule has 1 N–H and O–H groups in total. The lowest BCUT2D eigenvalue weighted by atomic mass is 10.0. The molecule has 0 unspecified atom stereocenters. The first-order chi connectivity index (χ1) is 14.5. The van der Waals surface area contributed by atoms with E-state index in [1.807, 2.05) is 13.8 Å². The van der Waals surface area contributed by atoms with E-state index >= 15 is 0 Å². The highest BCUT2D eigenvalue weighted by Crippen LogP contribution is 2.36. The molecule has 0 radical (unpaired) electrons. The van der Waals surface area contributed by atoms with E-state index in [1.165, 1.54) is 6.08 Å². The average Bonchev–Trinajstić information content (AvgIpc) is 3.27. The number of hydrogen-bond donors (Lipinski definition) is 1. The Morgan fingerprint density at radius 2 is 1.83 bits per heavy atom. The lowest BCUT2D eigenvalue weighted by Gasteiger charge is -2.12. The molecular weight excluding hydrogens is 384 g/mol. The second kappa shape index (κ2) is 7.94. The molecule has 2 heterocycles. The first-order valence-corrected chi connectivity index (χ1v) is 9.63. The highest BCUT2D eigenvalue weighted by molar-refractivity contribution is 6.36. The molecular formula is C23H22N2O5. The van der Waals surface area contributed by atoms with E-state index in [1.54, 1.807) is 42.5 Å². The predicted octanol–water partition coefficient (Wildman–Crippen LogP) is 3.58. The molecule has 0 saturated heterocycles.